The van der Waals surface area contributed by atoms with Crippen LogP contribution in [0.25, 0.3) is 0 Å². The lowest BCUT2D eigenvalue weighted by Crippen LogP contribution is -2.31. The van der Waals surface area contributed by atoms with Crippen LogP contribution in [-0.2, 0) is 0 Å². The summed E-state index contributed by atoms with van der Waals surface area (Å²) in [5, 5.41) is 0. The topological polar surface area (TPSA) is 42.4 Å². The maximum atomic E-state index is 12.5. The number of carbonyl (C=O) groups is 1. The monoisotopic (exact) mass is 360 g/mol. The van der Waals surface area contributed by atoms with Gasteiger partial charge in [-0.25, -0.2) is 4.98 Å². The van der Waals surface area contributed by atoms with Gasteiger partial charge in [-0.3, -0.25) is 4.79 Å². The molecule has 1 aromatic carbocycles. The van der Waals surface area contributed by atoms with Gasteiger partial charge in [0.15, 0.2) is 0 Å². The Kier molecular flexibility index (Phi) is 4.43. The summed E-state index contributed by atoms with van der Waals surface area (Å²) in [4.78, 5) is 18.5. The summed E-state index contributed by atoms with van der Waals surface area (Å²) >= 11 is 3.35. The van der Waals surface area contributed by atoms with Crippen LogP contribution in [0, 0.1) is 6.92 Å². The average molecular weight is 361 g/mol. The number of hydrogen-bond acceptors (Lipinski definition) is 3. The van der Waals surface area contributed by atoms with E-state index in [9.17, 15) is 4.79 Å². The third kappa shape index (κ3) is 3.47. The summed E-state index contributed by atoms with van der Waals surface area (Å²) in [6.45, 7) is 3.31. The van der Waals surface area contributed by atoms with Gasteiger partial charge >= 0.3 is 0 Å². The van der Waals surface area contributed by atoms with Gasteiger partial charge in [-0.05, 0) is 41.1 Å². The summed E-state index contributed by atoms with van der Waals surface area (Å²) < 4.78 is 6.76. The van der Waals surface area contributed by atoms with E-state index in [4.69, 9.17) is 4.74 Å². The number of aryl methyl sites for hydroxylation is 1. The molecule has 0 aliphatic carbocycles. The van der Waals surface area contributed by atoms with E-state index in [0.717, 1.165) is 22.0 Å². The van der Waals surface area contributed by atoms with Crippen molar-refractivity contribution in [1.29, 1.82) is 0 Å². The number of amides is 1. The van der Waals surface area contributed by atoms with E-state index < -0.39 is 0 Å². The van der Waals surface area contributed by atoms with Crippen LogP contribution in [0.1, 0.15) is 22.3 Å². The molecule has 1 aliphatic rings. The lowest BCUT2D eigenvalue weighted by atomic mass is 10.1. The fourth-order valence-corrected chi connectivity index (χ4v) is 2.81. The van der Waals surface area contributed by atoms with Crippen LogP contribution in [0.5, 0.6) is 5.88 Å². The molecule has 0 bridgehead atoms. The van der Waals surface area contributed by atoms with Crippen molar-refractivity contribution in [3.63, 3.8) is 0 Å². The Morgan fingerprint density at radius 2 is 2.23 bits per heavy atom. The van der Waals surface area contributed by atoms with Crippen molar-refractivity contribution >= 4 is 21.8 Å². The molecule has 0 radical (unpaired) electrons. The maximum absolute atomic E-state index is 12.5. The van der Waals surface area contributed by atoms with Crippen molar-refractivity contribution in [2.45, 2.75) is 19.4 Å². The highest BCUT2D eigenvalue weighted by molar-refractivity contribution is 9.10. The summed E-state index contributed by atoms with van der Waals surface area (Å²) in [6, 6.07) is 11.4. The Morgan fingerprint density at radius 1 is 1.36 bits per heavy atom. The fraction of sp³-hybridized carbons (Fsp3) is 0.294. The van der Waals surface area contributed by atoms with E-state index in [1.807, 2.05) is 48.2 Å². The number of likely N-dealkylation sites (tertiary alicyclic amines) is 1. The molecule has 1 saturated heterocycles. The molecular formula is C17H17BrN2O2. The van der Waals surface area contributed by atoms with Gasteiger partial charge in [-0.15, -0.1) is 0 Å². The van der Waals surface area contributed by atoms with Gasteiger partial charge in [0.05, 0.1) is 6.54 Å². The van der Waals surface area contributed by atoms with Crippen LogP contribution in [0.4, 0.5) is 0 Å². The summed E-state index contributed by atoms with van der Waals surface area (Å²) in [5.41, 5.74) is 1.83. The molecule has 5 heteroatoms. The molecule has 0 N–H and O–H groups in total. The molecule has 3 rings (SSSR count). The predicted octanol–water partition coefficient (Wildman–Crippen LogP) is 3.45. The van der Waals surface area contributed by atoms with E-state index >= 15 is 0 Å². The first kappa shape index (κ1) is 15.0. The van der Waals surface area contributed by atoms with Crippen LogP contribution in [0.3, 0.4) is 0 Å². The molecule has 22 heavy (non-hydrogen) atoms. The van der Waals surface area contributed by atoms with Crippen molar-refractivity contribution in [3.8, 4) is 5.88 Å². The lowest BCUT2D eigenvalue weighted by molar-refractivity contribution is 0.0771. The number of halogens is 1. The Bertz CT molecular complexity index is 673. The molecule has 1 aliphatic heterocycles. The highest BCUT2D eigenvalue weighted by atomic mass is 79.9. The highest BCUT2D eigenvalue weighted by Crippen LogP contribution is 2.20. The lowest BCUT2D eigenvalue weighted by Gasteiger charge is -2.17. The number of benzene rings is 1. The Labute approximate surface area is 138 Å². The zero-order chi connectivity index (χ0) is 15.5. The van der Waals surface area contributed by atoms with Crippen molar-refractivity contribution in [1.82, 2.24) is 9.88 Å². The average Bonchev–Trinajstić information content (AvgIpc) is 2.97. The fourth-order valence-electron chi connectivity index (χ4n) is 2.57. The molecular weight excluding hydrogens is 344 g/mol. The Balaban J connectivity index is 1.62. The minimum Gasteiger partial charge on any atom is -0.472 e. The van der Waals surface area contributed by atoms with Gasteiger partial charge in [-0.1, -0.05) is 17.7 Å². The molecule has 114 valence electrons. The second kappa shape index (κ2) is 6.48. The van der Waals surface area contributed by atoms with Crippen LogP contribution >= 0.6 is 15.9 Å². The first-order valence-corrected chi connectivity index (χ1v) is 8.05. The van der Waals surface area contributed by atoms with Crippen molar-refractivity contribution in [2.24, 2.45) is 0 Å². The zero-order valence-electron chi connectivity index (χ0n) is 12.3. The van der Waals surface area contributed by atoms with E-state index in [1.54, 1.807) is 6.20 Å². The maximum Gasteiger partial charge on any atom is 0.253 e. The standard InChI is InChI=1S/C17H17BrN2O2/c1-12-3-2-4-13(9-12)17(21)20-8-7-15(11-20)22-16-6-5-14(18)10-19-16/h2-6,9-10,15H,7-8,11H2,1H3. The number of rotatable bonds is 3. The normalized spacial score (nSPS) is 17.5. The van der Waals surface area contributed by atoms with Crippen LogP contribution < -0.4 is 4.74 Å². The van der Waals surface area contributed by atoms with Gasteiger partial charge in [0.25, 0.3) is 5.91 Å². The third-order valence-corrected chi connectivity index (χ3v) is 4.15. The van der Waals surface area contributed by atoms with Crippen LogP contribution in [0.15, 0.2) is 47.1 Å². The molecule has 4 nitrogen and oxygen atoms in total. The third-order valence-electron chi connectivity index (χ3n) is 3.68. The van der Waals surface area contributed by atoms with Crippen LogP contribution in [-0.4, -0.2) is 35.0 Å². The summed E-state index contributed by atoms with van der Waals surface area (Å²) in [6.07, 6.45) is 2.54. The number of carbonyl (C=O) groups excluding carboxylic acids is 1. The van der Waals surface area contributed by atoms with Gasteiger partial charge in [0, 0.05) is 35.3 Å². The molecule has 2 heterocycles. The van der Waals surface area contributed by atoms with Gasteiger partial charge in [-0.2, -0.15) is 0 Å². The smallest absolute Gasteiger partial charge is 0.253 e. The Morgan fingerprint density at radius 3 is 2.95 bits per heavy atom. The molecule has 1 unspecified atom stereocenters. The molecule has 1 aromatic heterocycles. The number of pyridine rings is 1. The van der Waals surface area contributed by atoms with E-state index in [2.05, 4.69) is 20.9 Å². The SMILES string of the molecule is Cc1cccc(C(=O)N2CCC(Oc3ccc(Br)cn3)C2)c1. The molecule has 1 atom stereocenters. The Hall–Kier alpha value is -1.88. The largest absolute Gasteiger partial charge is 0.472 e. The second-order valence-electron chi connectivity index (χ2n) is 5.46. The van der Waals surface area contributed by atoms with Gasteiger partial charge in [0.1, 0.15) is 6.10 Å². The number of ether oxygens (including phenoxy) is 1. The van der Waals surface area contributed by atoms with Gasteiger partial charge in [0.2, 0.25) is 5.88 Å². The van der Waals surface area contributed by atoms with Crippen molar-refractivity contribution in [3.05, 3.63) is 58.2 Å². The number of nitrogens with zero attached hydrogens (tertiary/aromatic N) is 2. The van der Waals surface area contributed by atoms with E-state index in [1.165, 1.54) is 0 Å². The van der Waals surface area contributed by atoms with E-state index in [0.29, 0.717) is 19.0 Å². The quantitative estimate of drug-likeness (QED) is 0.841. The molecule has 2 aromatic rings. The van der Waals surface area contributed by atoms with Crippen molar-refractivity contribution in [2.75, 3.05) is 13.1 Å². The van der Waals surface area contributed by atoms with Crippen LogP contribution in [0.2, 0.25) is 0 Å². The summed E-state index contributed by atoms with van der Waals surface area (Å²) in [7, 11) is 0. The molecule has 0 saturated carbocycles. The highest BCUT2D eigenvalue weighted by Gasteiger charge is 2.28. The van der Waals surface area contributed by atoms with E-state index in [-0.39, 0.29) is 12.0 Å². The number of aromatic nitrogens is 1. The molecule has 1 fully saturated rings. The first-order valence-electron chi connectivity index (χ1n) is 7.26. The molecule has 1 amide bonds. The zero-order valence-corrected chi connectivity index (χ0v) is 13.9. The number of hydrogen-bond donors (Lipinski definition) is 0. The first-order chi connectivity index (χ1) is 10.6. The summed E-state index contributed by atoms with van der Waals surface area (Å²) in [5.74, 6) is 0.664. The minimum atomic E-state index is 0.00225. The minimum absolute atomic E-state index is 0.00225. The second-order valence-corrected chi connectivity index (χ2v) is 6.38. The van der Waals surface area contributed by atoms with Crippen molar-refractivity contribution < 1.29 is 9.53 Å². The van der Waals surface area contributed by atoms with Gasteiger partial charge < -0.3 is 9.64 Å². The molecule has 0 spiro atoms. The predicted molar refractivity (Wildman–Crippen MR) is 88.1 cm³/mol.